The summed E-state index contributed by atoms with van der Waals surface area (Å²) in [5, 5.41) is 9.49. The summed E-state index contributed by atoms with van der Waals surface area (Å²) in [6, 6.07) is 0. The van der Waals surface area contributed by atoms with Gasteiger partial charge in [0, 0.05) is 6.54 Å². The Labute approximate surface area is 98.2 Å². The van der Waals surface area contributed by atoms with Crippen molar-refractivity contribution in [2.24, 2.45) is 17.1 Å². The van der Waals surface area contributed by atoms with E-state index in [0.717, 1.165) is 0 Å². The fraction of sp³-hybridized carbons (Fsp3) is 0.917. The molecule has 4 nitrogen and oxygen atoms in total. The summed E-state index contributed by atoms with van der Waals surface area (Å²) in [7, 11) is 0. The molecule has 0 bridgehead atoms. The Balaban J connectivity index is 4.86. The first-order valence-electron chi connectivity index (χ1n) is 5.93. The monoisotopic (exact) mass is 231 g/mol. The lowest BCUT2D eigenvalue weighted by Gasteiger charge is -2.32. The first-order valence-corrected chi connectivity index (χ1v) is 5.93. The number of nitrogens with two attached hydrogens (primary N) is 1. The van der Waals surface area contributed by atoms with Crippen molar-refractivity contribution in [3.63, 3.8) is 0 Å². The van der Waals surface area contributed by atoms with E-state index in [0.29, 0.717) is 25.4 Å². The van der Waals surface area contributed by atoms with Crippen molar-refractivity contribution in [1.82, 2.24) is 0 Å². The molecule has 16 heavy (non-hydrogen) atoms. The van der Waals surface area contributed by atoms with Crippen molar-refractivity contribution in [2.45, 2.75) is 46.6 Å². The van der Waals surface area contributed by atoms with E-state index in [1.807, 2.05) is 13.8 Å². The van der Waals surface area contributed by atoms with Crippen LogP contribution < -0.4 is 5.73 Å². The predicted octanol–water partition coefficient (Wildman–Crippen LogP) is 1.31. The number of esters is 1. The van der Waals surface area contributed by atoms with E-state index in [1.54, 1.807) is 13.8 Å². The number of ether oxygens (including phenoxy) is 1. The largest absolute Gasteiger partial charge is 0.466 e. The standard InChI is InChI=1S/C12H25NO3/c1-5-16-11(15)12(8-13,6-9(2)3)7-10(4)14/h9-10,14H,5-8,13H2,1-4H3. The maximum atomic E-state index is 12.0. The molecule has 0 aliphatic heterocycles. The van der Waals surface area contributed by atoms with Crippen LogP contribution in [0.4, 0.5) is 0 Å². The molecule has 0 saturated heterocycles. The number of aliphatic hydroxyl groups is 1. The van der Waals surface area contributed by atoms with Crippen LogP contribution in [0, 0.1) is 11.3 Å². The van der Waals surface area contributed by atoms with Crippen LogP contribution in [0.3, 0.4) is 0 Å². The molecule has 4 heteroatoms. The summed E-state index contributed by atoms with van der Waals surface area (Å²) < 4.78 is 5.07. The zero-order valence-corrected chi connectivity index (χ0v) is 10.8. The number of carbonyl (C=O) groups is 1. The minimum Gasteiger partial charge on any atom is -0.466 e. The van der Waals surface area contributed by atoms with Gasteiger partial charge in [-0.25, -0.2) is 0 Å². The fourth-order valence-electron chi connectivity index (χ4n) is 2.13. The maximum Gasteiger partial charge on any atom is 0.313 e. The SMILES string of the molecule is CCOC(=O)C(CN)(CC(C)C)CC(C)O. The van der Waals surface area contributed by atoms with Gasteiger partial charge in [-0.15, -0.1) is 0 Å². The molecule has 2 unspecified atom stereocenters. The van der Waals surface area contributed by atoms with E-state index in [9.17, 15) is 9.90 Å². The smallest absolute Gasteiger partial charge is 0.313 e. The van der Waals surface area contributed by atoms with Gasteiger partial charge in [-0.05, 0) is 32.6 Å². The number of rotatable bonds is 7. The van der Waals surface area contributed by atoms with E-state index >= 15 is 0 Å². The Morgan fingerprint density at radius 3 is 2.25 bits per heavy atom. The molecule has 0 rings (SSSR count). The van der Waals surface area contributed by atoms with Gasteiger partial charge in [0.25, 0.3) is 0 Å². The minimum absolute atomic E-state index is 0.217. The molecule has 0 heterocycles. The number of carbonyl (C=O) groups excluding carboxylic acids is 1. The average Bonchev–Trinajstić information content (AvgIpc) is 2.15. The van der Waals surface area contributed by atoms with E-state index in [4.69, 9.17) is 10.5 Å². The third kappa shape index (κ3) is 4.49. The Morgan fingerprint density at radius 1 is 1.38 bits per heavy atom. The average molecular weight is 231 g/mol. The molecule has 0 aliphatic rings. The highest BCUT2D eigenvalue weighted by molar-refractivity contribution is 5.77. The fourth-order valence-corrected chi connectivity index (χ4v) is 2.13. The summed E-state index contributed by atoms with van der Waals surface area (Å²) in [5.74, 6) is 0.0545. The third-order valence-corrected chi connectivity index (χ3v) is 2.58. The van der Waals surface area contributed by atoms with Crippen LogP contribution in [-0.4, -0.2) is 30.3 Å². The summed E-state index contributed by atoms with van der Waals surface area (Å²) in [6.07, 6.45) is 0.458. The number of hydrogen-bond acceptors (Lipinski definition) is 4. The van der Waals surface area contributed by atoms with E-state index < -0.39 is 11.5 Å². The molecule has 0 aromatic carbocycles. The van der Waals surface area contributed by atoms with Crippen LogP contribution in [0.25, 0.3) is 0 Å². The second-order valence-corrected chi connectivity index (χ2v) is 4.86. The molecule has 0 saturated carbocycles. The van der Waals surface area contributed by atoms with Gasteiger partial charge < -0.3 is 15.6 Å². The Kier molecular flexibility index (Phi) is 6.60. The van der Waals surface area contributed by atoms with Gasteiger partial charge in [0.15, 0.2) is 0 Å². The van der Waals surface area contributed by atoms with Gasteiger partial charge in [-0.3, -0.25) is 4.79 Å². The van der Waals surface area contributed by atoms with Crippen LogP contribution in [-0.2, 0) is 9.53 Å². The lowest BCUT2D eigenvalue weighted by Crippen LogP contribution is -2.43. The summed E-state index contributed by atoms with van der Waals surface area (Å²) in [4.78, 5) is 12.0. The topological polar surface area (TPSA) is 72.5 Å². The first-order chi connectivity index (χ1) is 7.38. The highest BCUT2D eigenvalue weighted by atomic mass is 16.5. The molecule has 3 N–H and O–H groups in total. The number of aliphatic hydroxyl groups excluding tert-OH is 1. The highest BCUT2D eigenvalue weighted by Gasteiger charge is 2.40. The van der Waals surface area contributed by atoms with Crippen LogP contribution in [0.15, 0.2) is 0 Å². The van der Waals surface area contributed by atoms with Crippen LogP contribution in [0.1, 0.15) is 40.5 Å². The zero-order chi connectivity index (χ0) is 12.8. The van der Waals surface area contributed by atoms with Gasteiger partial charge in [-0.2, -0.15) is 0 Å². The van der Waals surface area contributed by atoms with Gasteiger partial charge >= 0.3 is 5.97 Å². The van der Waals surface area contributed by atoms with E-state index in [1.165, 1.54) is 0 Å². The van der Waals surface area contributed by atoms with Gasteiger partial charge in [0.1, 0.15) is 0 Å². The minimum atomic E-state index is -0.738. The van der Waals surface area contributed by atoms with Crippen LogP contribution >= 0.6 is 0 Å². The van der Waals surface area contributed by atoms with Gasteiger partial charge in [-0.1, -0.05) is 13.8 Å². The lowest BCUT2D eigenvalue weighted by molar-refractivity contribution is -0.158. The van der Waals surface area contributed by atoms with Crippen molar-refractivity contribution in [1.29, 1.82) is 0 Å². The normalized spacial score (nSPS) is 16.9. The van der Waals surface area contributed by atoms with E-state index in [-0.39, 0.29) is 12.5 Å². The molecule has 0 fully saturated rings. The molecule has 0 aliphatic carbocycles. The van der Waals surface area contributed by atoms with E-state index in [2.05, 4.69) is 0 Å². The molecule has 0 aromatic rings. The highest BCUT2D eigenvalue weighted by Crippen LogP contribution is 2.32. The third-order valence-electron chi connectivity index (χ3n) is 2.58. The molecule has 96 valence electrons. The van der Waals surface area contributed by atoms with Crippen LogP contribution in [0.5, 0.6) is 0 Å². The molecular formula is C12H25NO3. The molecule has 0 spiro atoms. The zero-order valence-electron chi connectivity index (χ0n) is 10.8. The Bertz CT molecular complexity index is 204. The quantitative estimate of drug-likeness (QED) is 0.648. The van der Waals surface area contributed by atoms with Gasteiger partial charge in [0.2, 0.25) is 0 Å². The second kappa shape index (κ2) is 6.86. The lowest BCUT2D eigenvalue weighted by atomic mass is 9.76. The molecule has 0 radical (unpaired) electrons. The van der Waals surface area contributed by atoms with Crippen molar-refractivity contribution >= 4 is 5.97 Å². The van der Waals surface area contributed by atoms with Gasteiger partial charge in [0.05, 0.1) is 18.1 Å². The summed E-state index contributed by atoms with van der Waals surface area (Å²) in [5.41, 5.74) is 4.99. The number of hydrogen-bond donors (Lipinski definition) is 2. The molecular weight excluding hydrogens is 206 g/mol. The summed E-state index contributed by atoms with van der Waals surface area (Å²) in [6.45, 7) is 8.08. The molecule has 0 amide bonds. The van der Waals surface area contributed by atoms with Crippen molar-refractivity contribution in [2.75, 3.05) is 13.2 Å². The Hall–Kier alpha value is -0.610. The molecule has 2 atom stereocenters. The first kappa shape index (κ1) is 15.4. The second-order valence-electron chi connectivity index (χ2n) is 4.86. The Morgan fingerprint density at radius 2 is 1.94 bits per heavy atom. The maximum absolute atomic E-state index is 12.0. The predicted molar refractivity (Wildman–Crippen MR) is 63.9 cm³/mol. The van der Waals surface area contributed by atoms with Crippen molar-refractivity contribution in [3.05, 3.63) is 0 Å². The van der Waals surface area contributed by atoms with Crippen molar-refractivity contribution in [3.8, 4) is 0 Å². The summed E-state index contributed by atoms with van der Waals surface area (Å²) >= 11 is 0. The van der Waals surface area contributed by atoms with Crippen LogP contribution in [0.2, 0.25) is 0 Å². The van der Waals surface area contributed by atoms with Crippen molar-refractivity contribution < 1.29 is 14.6 Å². The molecule has 0 aromatic heterocycles.